The van der Waals surface area contributed by atoms with Gasteiger partial charge in [-0.1, -0.05) is 0 Å². The zero-order valence-electron chi connectivity index (χ0n) is 10.5. The second-order valence-electron chi connectivity index (χ2n) is 3.83. The van der Waals surface area contributed by atoms with Crippen molar-refractivity contribution in [2.24, 2.45) is 5.73 Å². The van der Waals surface area contributed by atoms with Crippen molar-refractivity contribution < 1.29 is 9.59 Å². The van der Waals surface area contributed by atoms with Crippen molar-refractivity contribution in [3.8, 4) is 0 Å². The third kappa shape index (κ3) is 3.97. The average molecular weight is 250 g/mol. The zero-order valence-corrected chi connectivity index (χ0v) is 10.5. The van der Waals surface area contributed by atoms with Crippen LogP contribution in [0, 0.1) is 6.92 Å². The quantitative estimate of drug-likeness (QED) is 0.571. The summed E-state index contributed by atoms with van der Waals surface area (Å²) in [5.41, 5.74) is 7.48. The SMILES string of the molecule is CNc1ccc(C(=O)NCCNC(N)=O)cc1C. The normalized spacial score (nSPS) is 9.67. The molecule has 0 heterocycles. The zero-order chi connectivity index (χ0) is 13.5. The Morgan fingerprint density at radius 3 is 2.44 bits per heavy atom. The predicted molar refractivity (Wildman–Crippen MR) is 70.6 cm³/mol. The molecule has 98 valence electrons. The van der Waals surface area contributed by atoms with Crippen LogP contribution in [-0.4, -0.2) is 32.1 Å². The smallest absolute Gasteiger partial charge is 0.312 e. The molecule has 1 aromatic carbocycles. The summed E-state index contributed by atoms with van der Waals surface area (Å²) in [7, 11) is 1.83. The van der Waals surface area contributed by atoms with Crippen LogP contribution >= 0.6 is 0 Å². The molecule has 0 aliphatic carbocycles. The Kier molecular flexibility index (Phi) is 4.98. The molecule has 5 N–H and O–H groups in total. The lowest BCUT2D eigenvalue weighted by Crippen LogP contribution is -2.37. The number of urea groups is 1. The Hall–Kier alpha value is -2.24. The molecule has 0 saturated heterocycles. The van der Waals surface area contributed by atoms with Gasteiger partial charge in [0.25, 0.3) is 5.91 Å². The van der Waals surface area contributed by atoms with Crippen LogP contribution in [0.15, 0.2) is 18.2 Å². The fraction of sp³-hybridized carbons (Fsp3) is 0.333. The monoisotopic (exact) mass is 250 g/mol. The number of nitrogens with one attached hydrogen (secondary N) is 3. The van der Waals surface area contributed by atoms with E-state index in [9.17, 15) is 9.59 Å². The molecule has 0 bridgehead atoms. The van der Waals surface area contributed by atoms with E-state index in [1.807, 2.05) is 26.1 Å². The topological polar surface area (TPSA) is 96.2 Å². The summed E-state index contributed by atoms with van der Waals surface area (Å²) < 4.78 is 0. The fourth-order valence-corrected chi connectivity index (χ4v) is 1.55. The molecule has 6 heteroatoms. The van der Waals surface area contributed by atoms with E-state index in [1.165, 1.54) is 0 Å². The van der Waals surface area contributed by atoms with E-state index in [2.05, 4.69) is 16.0 Å². The number of amides is 3. The molecule has 3 amide bonds. The van der Waals surface area contributed by atoms with Gasteiger partial charge in [-0.05, 0) is 30.7 Å². The highest BCUT2D eigenvalue weighted by molar-refractivity contribution is 5.94. The maximum atomic E-state index is 11.8. The van der Waals surface area contributed by atoms with E-state index in [-0.39, 0.29) is 5.91 Å². The lowest BCUT2D eigenvalue weighted by atomic mass is 10.1. The number of rotatable bonds is 5. The van der Waals surface area contributed by atoms with Crippen molar-refractivity contribution in [1.29, 1.82) is 0 Å². The van der Waals surface area contributed by atoms with Crippen LogP contribution < -0.4 is 21.7 Å². The van der Waals surface area contributed by atoms with Gasteiger partial charge >= 0.3 is 6.03 Å². The molecule has 0 fully saturated rings. The van der Waals surface area contributed by atoms with Crippen molar-refractivity contribution in [2.45, 2.75) is 6.92 Å². The van der Waals surface area contributed by atoms with Gasteiger partial charge in [0, 0.05) is 31.4 Å². The summed E-state index contributed by atoms with van der Waals surface area (Å²) in [6, 6.07) is 4.81. The second kappa shape index (κ2) is 6.48. The Labute approximate surface area is 106 Å². The summed E-state index contributed by atoms with van der Waals surface area (Å²) in [5, 5.41) is 8.12. The van der Waals surface area contributed by atoms with Gasteiger partial charge in [-0.15, -0.1) is 0 Å². The molecule has 0 aliphatic rings. The minimum Gasteiger partial charge on any atom is -0.388 e. The largest absolute Gasteiger partial charge is 0.388 e. The number of benzene rings is 1. The summed E-state index contributed by atoms with van der Waals surface area (Å²) in [5.74, 6) is -0.174. The van der Waals surface area contributed by atoms with Crippen molar-refractivity contribution in [2.75, 3.05) is 25.5 Å². The Morgan fingerprint density at radius 2 is 1.89 bits per heavy atom. The summed E-state index contributed by atoms with van der Waals surface area (Å²) in [6.45, 7) is 2.58. The lowest BCUT2D eigenvalue weighted by molar-refractivity contribution is 0.0954. The summed E-state index contributed by atoms with van der Waals surface area (Å²) >= 11 is 0. The number of hydrogen-bond donors (Lipinski definition) is 4. The van der Waals surface area contributed by atoms with Gasteiger partial charge in [-0.25, -0.2) is 4.79 Å². The second-order valence-corrected chi connectivity index (χ2v) is 3.83. The third-order valence-electron chi connectivity index (χ3n) is 2.47. The molecule has 1 aromatic rings. The number of anilines is 1. The molecule has 0 spiro atoms. The molecule has 1 rings (SSSR count). The average Bonchev–Trinajstić information content (AvgIpc) is 2.34. The maximum Gasteiger partial charge on any atom is 0.312 e. The van der Waals surface area contributed by atoms with E-state index >= 15 is 0 Å². The molecular formula is C12H18N4O2. The summed E-state index contributed by atoms with van der Waals surface area (Å²) in [6.07, 6.45) is 0. The number of carbonyl (C=O) groups is 2. The van der Waals surface area contributed by atoms with Gasteiger partial charge < -0.3 is 21.7 Å². The van der Waals surface area contributed by atoms with E-state index in [4.69, 9.17) is 5.73 Å². The van der Waals surface area contributed by atoms with Crippen molar-refractivity contribution >= 4 is 17.6 Å². The van der Waals surface area contributed by atoms with Gasteiger partial charge in [0.05, 0.1) is 0 Å². The van der Waals surface area contributed by atoms with Gasteiger partial charge in [0.1, 0.15) is 0 Å². The van der Waals surface area contributed by atoms with Gasteiger partial charge in [-0.3, -0.25) is 4.79 Å². The van der Waals surface area contributed by atoms with E-state index in [0.717, 1.165) is 11.3 Å². The number of primary amides is 1. The third-order valence-corrected chi connectivity index (χ3v) is 2.47. The van der Waals surface area contributed by atoms with Crippen molar-refractivity contribution in [3.05, 3.63) is 29.3 Å². The van der Waals surface area contributed by atoms with Crippen LogP contribution in [-0.2, 0) is 0 Å². The molecule has 0 aromatic heterocycles. The minimum atomic E-state index is -0.599. The molecule has 0 atom stereocenters. The first kappa shape index (κ1) is 13.8. The number of aryl methyl sites for hydroxylation is 1. The number of nitrogens with two attached hydrogens (primary N) is 1. The van der Waals surface area contributed by atoms with Gasteiger partial charge in [0.15, 0.2) is 0 Å². The number of hydrogen-bond acceptors (Lipinski definition) is 3. The highest BCUT2D eigenvalue weighted by Gasteiger charge is 2.06. The summed E-state index contributed by atoms with van der Waals surface area (Å²) in [4.78, 5) is 22.2. The maximum absolute atomic E-state index is 11.8. The molecule has 0 aliphatic heterocycles. The number of carbonyl (C=O) groups excluding carboxylic acids is 2. The van der Waals surface area contributed by atoms with Crippen LogP contribution in [0.5, 0.6) is 0 Å². The standard InChI is InChI=1S/C12H18N4O2/c1-8-7-9(3-4-10(8)14-2)11(17)15-5-6-16-12(13)18/h3-4,7,14H,5-6H2,1-2H3,(H,15,17)(H3,13,16,18). The van der Waals surface area contributed by atoms with E-state index in [1.54, 1.807) is 6.07 Å². The van der Waals surface area contributed by atoms with Crippen LogP contribution in [0.3, 0.4) is 0 Å². The molecule has 0 saturated carbocycles. The predicted octanol–water partition coefficient (Wildman–Crippen LogP) is 0.435. The highest BCUT2D eigenvalue weighted by Crippen LogP contribution is 2.15. The minimum absolute atomic E-state index is 0.174. The van der Waals surface area contributed by atoms with Gasteiger partial charge in [0.2, 0.25) is 0 Å². The van der Waals surface area contributed by atoms with Crippen molar-refractivity contribution in [3.63, 3.8) is 0 Å². The first-order valence-electron chi connectivity index (χ1n) is 5.64. The Bertz CT molecular complexity index is 446. The molecule has 6 nitrogen and oxygen atoms in total. The van der Waals surface area contributed by atoms with Crippen LogP contribution in [0.25, 0.3) is 0 Å². The van der Waals surface area contributed by atoms with E-state index < -0.39 is 6.03 Å². The van der Waals surface area contributed by atoms with Gasteiger partial charge in [-0.2, -0.15) is 0 Å². The first-order chi connectivity index (χ1) is 8.54. The molecule has 18 heavy (non-hydrogen) atoms. The fourth-order valence-electron chi connectivity index (χ4n) is 1.55. The lowest BCUT2D eigenvalue weighted by Gasteiger charge is -2.09. The Morgan fingerprint density at radius 1 is 1.22 bits per heavy atom. The molecule has 0 radical (unpaired) electrons. The van der Waals surface area contributed by atoms with Crippen LogP contribution in [0.4, 0.5) is 10.5 Å². The van der Waals surface area contributed by atoms with E-state index in [0.29, 0.717) is 18.7 Å². The highest BCUT2D eigenvalue weighted by atomic mass is 16.2. The molecular weight excluding hydrogens is 232 g/mol. The molecule has 0 unspecified atom stereocenters. The van der Waals surface area contributed by atoms with Crippen LogP contribution in [0.2, 0.25) is 0 Å². The first-order valence-corrected chi connectivity index (χ1v) is 5.64. The Balaban J connectivity index is 2.51. The van der Waals surface area contributed by atoms with Crippen molar-refractivity contribution in [1.82, 2.24) is 10.6 Å². The van der Waals surface area contributed by atoms with Crippen LogP contribution in [0.1, 0.15) is 15.9 Å².